The number of nitrogens with zero attached hydrogens (tertiary/aromatic N) is 3. The van der Waals surface area contributed by atoms with E-state index in [2.05, 4.69) is 35.5 Å². The van der Waals surface area contributed by atoms with E-state index in [1.807, 2.05) is 0 Å². The lowest BCUT2D eigenvalue weighted by atomic mass is 10.2. The first kappa shape index (κ1) is 7.77. The van der Waals surface area contributed by atoms with Crippen LogP contribution in [-0.2, 0) is 6.42 Å². The van der Waals surface area contributed by atoms with Gasteiger partial charge >= 0.3 is 0 Å². The van der Waals surface area contributed by atoms with Crippen molar-refractivity contribution >= 4 is 0 Å². The molecular weight excluding hydrogens is 150 g/mol. The minimum atomic E-state index is 0.492. The summed E-state index contributed by atoms with van der Waals surface area (Å²) in [5, 5.41) is 8.38. The van der Waals surface area contributed by atoms with Crippen molar-refractivity contribution in [1.82, 2.24) is 14.8 Å². The van der Waals surface area contributed by atoms with Gasteiger partial charge in [0.2, 0.25) is 0 Å². The predicted octanol–water partition coefficient (Wildman–Crippen LogP) is 1.91. The van der Waals surface area contributed by atoms with E-state index in [0.29, 0.717) is 12.0 Å². The smallest absolute Gasteiger partial charge is 0.135 e. The number of hydrogen-bond acceptors (Lipinski definition) is 2. The highest BCUT2D eigenvalue weighted by Crippen LogP contribution is 2.28. The summed E-state index contributed by atoms with van der Waals surface area (Å²) in [5.41, 5.74) is 0. The second kappa shape index (κ2) is 2.57. The molecule has 0 amide bonds. The zero-order valence-corrected chi connectivity index (χ0v) is 7.91. The Hall–Kier alpha value is -0.860. The molecule has 0 unspecified atom stereocenters. The minimum absolute atomic E-state index is 0.492. The van der Waals surface area contributed by atoms with E-state index in [1.54, 1.807) is 0 Å². The van der Waals surface area contributed by atoms with Crippen LogP contribution in [0.3, 0.4) is 0 Å². The molecule has 0 aromatic carbocycles. The van der Waals surface area contributed by atoms with Gasteiger partial charge in [0.25, 0.3) is 0 Å². The van der Waals surface area contributed by atoms with E-state index in [-0.39, 0.29) is 0 Å². The van der Waals surface area contributed by atoms with Gasteiger partial charge in [-0.05, 0) is 13.3 Å². The van der Waals surface area contributed by atoms with Crippen molar-refractivity contribution in [2.45, 2.75) is 45.6 Å². The van der Waals surface area contributed by atoms with Gasteiger partial charge in [-0.2, -0.15) is 0 Å². The van der Waals surface area contributed by atoms with Gasteiger partial charge in [0.05, 0.1) is 0 Å². The highest BCUT2D eigenvalue weighted by molar-refractivity contribution is 5.06. The molecular formula is C9H15N3. The van der Waals surface area contributed by atoms with Crippen molar-refractivity contribution in [2.75, 3.05) is 0 Å². The maximum absolute atomic E-state index is 4.20. The summed E-state index contributed by atoms with van der Waals surface area (Å²) in [5.74, 6) is 2.81. The van der Waals surface area contributed by atoms with Gasteiger partial charge in [-0.25, -0.2) is 0 Å². The molecule has 2 heterocycles. The summed E-state index contributed by atoms with van der Waals surface area (Å²) in [7, 11) is 0. The Balaban J connectivity index is 2.46. The number of aromatic nitrogens is 3. The van der Waals surface area contributed by atoms with Gasteiger partial charge < -0.3 is 4.57 Å². The monoisotopic (exact) mass is 165 g/mol. The molecule has 0 aliphatic carbocycles. The van der Waals surface area contributed by atoms with E-state index in [9.17, 15) is 0 Å². The van der Waals surface area contributed by atoms with Gasteiger partial charge in [-0.15, -0.1) is 10.2 Å². The van der Waals surface area contributed by atoms with Crippen LogP contribution in [0.15, 0.2) is 0 Å². The van der Waals surface area contributed by atoms with Crippen molar-refractivity contribution in [3.05, 3.63) is 11.6 Å². The second-order valence-corrected chi connectivity index (χ2v) is 3.89. The topological polar surface area (TPSA) is 30.7 Å². The van der Waals surface area contributed by atoms with Crippen molar-refractivity contribution < 1.29 is 0 Å². The quantitative estimate of drug-likeness (QED) is 0.636. The molecule has 1 aromatic heterocycles. The summed E-state index contributed by atoms with van der Waals surface area (Å²) in [6.45, 7) is 6.58. The molecule has 0 saturated heterocycles. The van der Waals surface area contributed by atoms with Crippen molar-refractivity contribution in [1.29, 1.82) is 0 Å². The minimum Gasteiger partial charge on any atom is -0.312 e. The molecule has 12 heavy (non-hydrogen) atoms. The van der Waals surface area contributed by atoms with Crippen LogP contribution in [-0.4, -0.2) is 14.8 Å². The maximum atomic E-state index is 4.20. The van der Waals surface area contributed by atoms with Crippen molar-refractivity contribution in [2.24, 2.45) is 0 Å². The lowest BCUT2D eigenvalue weighted by Crippen LogP contribution is -2.06. The summed E-state index contributed by atoms with van der Waals surface area (Å²) >= 11 is 0. The second-order valence-electron chi connectivity index (χ2n) is 3.89. The first-order valence-corrected chi connectivity index (χ1v) is 4.64. The molecule has 0 bridgehead atoms. The fourth-order valence-electron chi connectivity index (χ4n) is 1.85. The molecule has 1 aliphatic rings. The van der Waals surface area contributed by atoms with Crippen LogP contribution in [0.5, 0.6) is 0 Å². The van der Waals surface area contributed by atoms with Gasteiger partial charge in [-0.3, -0.25) is 0 Å². The first-order chi connectivity index (χ1) is 5.70. The molecule has 1 aromatic rings. The summed E-state index contributed by atoms with van der Waals surface area (Å²) in [4.78, 5) is 0. The largest absolute Gasteiger partial charge is 0.312 e. The van der Waals surface area contributed by atoms with E-state index in [1.165, 1.54) is 12.2 Å². The van der Waals surface area contributed by atoms with Crippen molar-refractivity contribution in [3.8, 4) is 0 Å². The average Bonchev–Trinajstić information content (AvgIpc) is 2.53. The van der Waals surface area contributed by atoms with E-state index in [4.69, 9.17) is 0 Å². The Kier molecular flexibility index (Phi) is 1.67. The molecule has 0 fully saturated rings. The van der Waals surface area contributed by atoms with E-state index < -0.39 is 0 Å². The Morgan fingerprint density at radius 3 is 2.83 bits per heavy atom. The summed E-state index contributed by atoms with van der Waals surface area (Å²) < 4.78 is 2.30. The van der Waals surface area contributed by atoms with Crippen LogP contribution in [0.2, 0.25) is 0 Å². The maximum Gasteiger partial charge on any atom is 0.135 e. The highest BCUT2D eigenvalue weighted by atomic mass is 15.3. The van der Waals surface area contributed by atoms with Crippen LogP contribution in [0.1, 0.15) is 50.8 Å². The Morgan fingerprint density at radius 2 is 2.17 bits per heavy atom. The van der Waals surface area contributed by atoms with E-state index in [0.717, 1.165) is 12.2 Å². The number of hydrogen-bond donors (Lipinski definition) is 0. The predicted molar refractivity (Wildman–Crippen MR) is 47.1 cm³/mol. The lowest BCUT2D eigenvalue weighted by Gasteiger charge is -2.11. The SMILES string of the molecule is CC(C)c1nnc2n1[C@H](C)CC2. The Labute approximate surface area is 72.8 Å². The summed E-state index contributed by atoms with van der Waals surface area (Å²) in [6, 6.07) is 0.604. The van der Waals surface area contributed by atoms with E-state index >= 15 is 0 Å². The molecule has 0 radical (unpaired) electrons. The third-order valence-corrected chi connectivity index (χ3v) is 2.54. The summed E-state index contributed by atoms with van der Waals surface area (Å²) in [6.07, 6.45) is 2.32. The molecule has 0 N–H and O–H groups in total. The number of fused-ring (bicyclic) bond motifs is 1. The standard InChI is InChI=1S/C9H15N3/c1-6(2)9-11-10-8-5-4-7(3)12(8)9/h6-7H,4-5H2,1-3H3/t7-/m1/s1. The fraction of sp³-hybridized carbons (Fsp3) is 0.778. The molecule has 3 nitrogen and oxygen atoms in total. The van der Waals surface area contributed by atoms with Crippen LogP contribution >= 0.6 is 0 Å². The third-order valence-electron chi connectivity index (χ3n) is 2.54. The normalized spacial score (nSPS) is 21.8. The highest BCUT2D eigenvalue weighted by Gasteiger charge is 2.24. The lowest BCUT2D eigenvalue weighted by molar-refractivity contribution is 0.536. The Morgan fingerprint density at radius 1 is 1.42 bits per heavy atom. The molecule has 0 saturated carbocycles. The third kappa shape index (κ3) is 0.958. The van der Waals surface area contributed by atoms with Crippen molar-refractivity contribution in [3.63, 3.8) is 0 Å². The van der Waals surface area contributed by atoms with Gasteiger partial charge in [-0.1, -0.05) is 13.8 Å². The number of aryl methyl sites for hydroxylation is 1. The van der Waals surface area contributed by atoms with Gasteiger partial charge in [0.1, 0.15) is 11.6 Å². The zero-order chi connectivity index (χ0) is 8.72. The molecule has 1 atom stereocenters. The molecule has 1 aliphatic heterocycles. The molecule has 3 heteroatoms. The molecule has 66 valence electrons. The molecule has 0 spiro atoms. The first-order valence-electron chi connectivity index (χ1n) is 4.64. The van der Waals surface area contributed by atoms with Crippen LogP contribution in [0.4, 0.5) is 0 Å². The van der Waals surface area contributed by atoms with Gasteiger partial charge in [0.15, 0.2) is 0 Å². The zero-order valence-electron chi connectivity index (χ0n) is 7.91. The number of rotatable bonds is 1. The van der Waals surface area contributed by atoms with Crippen LogP contribution < -0.4 is 0 Å². The average molecular weight is 165 g/mol. The Bertz CT molecular complexity index is 288. The van der Waals surface area contributed by atoms with Gasteiger partial charge in [0, 0.05) is 18.4 Å². The molecule has 2 rings (SSSR count). The fourth-order valence-corrected chi connectivity index (χ4v) is 1.85. The van der Waals surface area contributed by atoms with Crippen LogP contribution in [0, 0.1) is 0 Å². The van der Waals surface area contributed by atoms with Crippen LogP contribution in [0.25, 0.3) is 0 Å².